The normalized spacial score (nSPS) is 17.3. The van der Waals surface area contributed by atoms with Crippen LogP contribution < -0.4 is 5.32 Å². The lowest BCUT2D eigenvalue weighted by Crippen LogP contribution is -2.48. The third-order valence-electron chi connectivity index (χ3n) is 4.23. The second kappa shape index (κ2) is 7.13. The molecule has 0 heterocycles. The fourth-order valence-electron chi connectivity index (χ4n) is 2.99. The van der Waals surface area contributed by atoms with E-state index in [4.69, 9.17) is 4.74 Å². The summed E-state index contributed by atoms with van der Waals surface area (Å²) < 4.78 is 44.2. The minimum Gasteiger partial charge on any atom is -0.469 e. The predicted molar refractivity (Wildman–Crippen MR) is 75.6 cm³/mol. The third-order valence-corrected chi connectivity index (χ3v) is 4.23. The van der Waals surface area contributed by atoms with Crippen molar-refractivity contribution < 1.29 is 22.7 Å². The summed E-state index contributed by atoms with van der Waals surface area (Å²) >= 11 is 0. The maximum atomic E-state index is 13.2. The van der Waals surface area contributed by atoms with E-state index in [9.17, 15) is 18.0 Å². The van der Waals surface area contributed by atoms with Crippen molar-refractivity contribution in [3.8, 4) is 0 Å². The average molecular weight is 315 g/mol. The van der Waals surface area contributed by atoms with E-state index >= 15 is 0 Å². The van der Waals surface area contributed by atoms with Gasteiger partial charge in [-0.05, 0) is 30.5 Å². The van der Waals surface area contributed by atoms with Gasteiger partial charge in [0.05, 0.1) is 13.5 Å². The second-order valence-electron chi connectivity index (χ2n) is 5.82. The van der Waals surface area contributed by atoms with Crippen LogP contribution >= 0.6 is 0 Å². The molecule has 0 atom stereocenters. The highest BCUT2D eigenvalue weighted by Gasteiger charge is 2.34. The molecular formula is C16H20F3NO2. The van der Waals surface area contributed by atoms with E-state index in [1.807, 2.05) is 0 Å². The van der Waals surface area contributed by atoms with Crippen LogP contribution in [0.15, 0.2) is 12.1 Å². The van der Waals surface area contributed by atoms with Crippen LogP contribution in [0.4, 0.5) is 13.2 Å². The van der Waals surface area contributed by atoms with Crippen LogP contribution in [0.25, 0.3) is 0 Å². The first kappa shape index (κ1) is 16.8. The number of rotatable bonds is 5. The average Bonchev–Trinajstić information content (AvgIpc) is 2.51. The Morgan fingerprint density at radius 2 is 1.77 bits per heavy atom. The number of hydrogen-bond acceptors (Lipinski definition) is 3. The molecule has 1 aliphatic carbocycles. The van der Waals surface area contributed by atoms with Gasteiger partial charge in [0, 0.05) is 12.1 Å². The molecule has 1 fully saturated rings. The number of benzene rings is 1. The number of methoxy groups -OCH3 is 1. The fraction of sp³-hybridized carbons (Fsp3) is 0.562. The van der Waals surface area contributed by atoms with Crippen molar-refractivity contribution in [1.29, 1.82) is 0 Å². The number of nitrogens with one attached hydrogen (secondary N) is 1. The molecule has 0 bridgehead atoms. The van der Waals surface area contributed by atoms with Gasteiger partial charge in [-0.3, -0.25) is 4.79 Å². The van der Waals surface area contributed by atoms with Gasteiger partial charge in [0.1, 0.15) is 0 Å². The van der Waals surface area contributed by atoms with Crippen LogP contribution in [-0.2, 0) is 16.1 Å². The van der Waals surface area contributed by atoms with Crippen LogP contribution in [0.5, 0.6) is 0 Å². The zero-order valence-corrected chi connectivity index (χ0v) is 12.6. The van der Waals surface area contributed by atoms with Crippen molar-refractivity contribution in [2.75, 3.05) is 7.11 Å². The Morgan fingerprint density at radius 3 is 2.32 bits per heavy atom. The number of hydrogen-bond donors (Lipinski definition) is 1. The van der Waals surface area contributed by atoms with Crippen molar-refractivity contribution in [2.45, 2.75) is 50.6 Å². The van der Waals surface area contributed by atoms with Crippen molar-refractivity contribution in [1.82, 2.24) is 5.32 Å². The van der Waals surface area contributed by atoms with E-state index in [0.29, 0.717) is 5.56 Å². The van der Waals surface area contributed by atoms with Gasteiger partial charge in [-0.1, -0.05) is 19.3 Å². The molecule has 2 rings (SSSR count). The van der Waals surface area contributed by atoms with Gasteiger partial charge in [0.15, 0.2) is 17.5 Å². The largest absolute Gasteiger partial charge is 0.469 e. The predicted octanol–water partition coefficient (Wildman–Crippen LogP) is 3.46. The first-order valence-corrected chi connectivity index (χ1v) is 7.41. The van der Waals surface area contributed by atoms with Gasteiger partial charge in [0.25, 0.3) is 0 Å². The zero-order chi connectivity index (χ0) is 16.2. The maximum absolute atomic E-state index is 13.2. The molecule has 0 spiro atoms. The zero-order valence-electron chi connectivity index (χ0n) is 12.6. The number of esters is 1. The Kier molecular flexibility index (Phi) is 5.45. The number of carbonyl (C=O) groups excluding carboxylic acids is 1. The monoisotopic (exact) mass is 315 g/mol. The van der Waals surface area contributed by atoms with Crippen molar-refractivity contribution in [3.63, 3.8) is 0 Å². The molecule has 3 nitrogen and oxygen atoms in total. The smallest absolute Gasteiger partial charge is 0.307 e. The number of halogens is 3. The molecule has 22 heavy (non-hydrogen) atoms. The lowest BCUT2D eigenvalue weighted by atomic mass is 9.79. The first-order valence-electron chi connectivity index (χ1n) is 7.41. The quantitative estimate of drug-likeness (QED) is 0.668. The number of ether oxygens (including phenoxy) is 1. The van der Waals surface area contributed by atoms with E-state index < -0.39 is 23.0 Å². The van der Waals surface area contributed by atoms with E-state index in [1.165, 1.54) is 7.11 Å². The Hall–Kier alpha value is -1.56. The molecule has 122 valence electrons. The first-order chi connectivity index (χ1) is 10.5. The molecule has 0 radical (unpaired) electrons. The standard InChI is InChI=1S/C16H20F3NO2/c1-22-14(21)9-16(5-3-2-4-6-16)20-10-11-7-12(17)15(19)13(18)8-11/h7-8,20H,2-6,9-10H2,1H3. The van der Waals surface area contributed by atoms with E-state index in [-0.39, 0.29) is 18.9 Å². The summed E-state index contributed by atoms with van der Waals surface area (Å²) in [5.74, 6) is -4.19. The Bertz CT molecular complexity index is 519. The van der Waals surface area contributed by atoms with E-state index in [1.54, 1.807) is 0 Å². The fourth-order valence-corrected chi connectivity index (χ4v) is 2.99. The molecule has 1 N–H and O–H groups in total. The molecular weight excluding hydrogens is 295 g/mol. The van der Waals surface area contributed by atoms with Gasteiger partial charge < -0.3 is 10.1 Å². The molecule has 1 aliphatic rings. The SMILES string of the molecule is COC(=O)CC1(NCc2cc(F)c(F)c(F)c2)CCCCC1. The summed E-state index contributed by atoms with van der Waals surface area (Å²) in [5.41, 5.74) is -0.113. The molecule has 1 aromatic carbocycles. The van der Waals surface area contributed by atoms with Crippen molar-refractivity contribution >= 4 is 5.97 Å². The Morgan fingerprint density at radius 1 is 1.18 bits per heavy atom. The van der Waals surface area contributed by atoms with Gasteiger partial charge in [-0.15, -0.1) is 0 Å². The topological polar surface area (TPSA) is 38.3 Å². The summed E-state index contributed by atoms with van der Waals surface area (Å²) in [6.07, 6.45) is 4.88. The minimum absolute atomic E-state index is 0.172. The summed E-state index contributed by atoms with van der Waals surface area (Å²) in [5, 5.41) is 3.23. The lowest BCUT2D eigenvalue weighted by Gasteiger charge is -2.37. The highest BCUT2D eigenvalue weighted by atomic mass is 19.2. The highest BCUT2D eigenvalue weighted by Crippen LogP contribution is 2.32. The molecule has 0 aliphatic heterocycles. The van der Waals surface area contributed by atoms with Gasteiger partial charge in [-0.25, -0.2) is 13.2 Å². The van der Waals surface area contributed by atoms with Crippen molar-refractivity contribution in [2.24, 2.45) is 0 Å². The summed E-state index contributed by atoms with van der Waals surface area (Å²) in [6.45, 7) is 0.172. The molecule has 1 saturated carbocycles. The second-order valence-corrected chi connectivity index (χ2v) is 5.82. The van der Waals surface area contributed by atoms with Gasteiger partial charge in [-0.2, -0.15) is 0 Å². The summed E-state index contributed by atoms with van der Waals surface area (Å²) in [4.78, 5) is 11.6. The lowest BCUT2D eigenvalue weighted by molar-refractivity contribution is -0.142. The molecule has 0 unspecified atom stereocenters. The van der Waals surface area contributed by atoms with E-state index in [0.717, 1.165) is 44.2 Å². The number of carbonyl (C=O) groups is 1. The van der Waals surface area contributed by atoms with Crippen LogP contribution in [0, 0.1) is 17.5 Å². The third kappa shape index (κ3) is 4.00. The Labute approximate surface area is 127 Å². The highest BCUT2D eigenvalue weighted by molar-refractivity contribution is 5.70. The minimum atomic E-state index is -1.47. The molecule has 0 aromatic heterocycles. The van der Waals surface area contributed by atoms with Crippen LogP contribution in [0.2, 0.25) is 0 Å². The van der Waals surface area contributed by atoms with E-state index in [2.05, 4.69) is 5.32 Å². The molecule has 0 saturated heterocycles. The van der Waals surface area contributed by atoms with Crippen LogP contribution in [0.3, 0.4) is 0 Å². The molecule has 0 amide bonds. The summed E-state index contributed by atoms with van der Waals surface area (Å²) in [7, 11) is 1.34. The molecule has 6 heteroatoms. The van der Waals surface area contributed by atoms with Crippen LogP contribution in [0.1, 0.15) is 44.1 Å². The molecule has 1 aromatic rings. The Balaban J connectivity index is 2.09. The van der Waals surface area contributed by atoms with Crippen molar-refractivity contribution in [3.05, 3.63) is 35.1 Å². The van der Waals surface area contributed by atoms with Gasteiger partial charge >= 0.3 is 5.97 Å². The summed E-state index contributed by atoms with van der Waals surface area (Å²) in [6, 6.07) is 1.94. The van der Waals surface area contributed by atoms with Gasteiger partial charge in [0.2, 0.25) is 0 Å². The van der Waals surface area contributed by atoms with Crippen LogP contribution in [-0.4, -0.2) is 18.6 Å². The maximum Gasteiger partial charge on any atom is 0.307 e.